The van der Waals surface area contributed by atoms with E-state index in [9.17, 15) is 4.79 Å². The van der Waals surface area contributed by atoms with E-state index in [0.717, 1.165) is 13.0 Å². The molecule has 98 valence electrons. The van der Waals surface area contributed by atoms with Gasteiger partial charge in [0.25, 0.3) is 0 Å². The molecule has 0 aromatic rings. The Morgan fingerprint density at radius 2 is 1.71 bits per heavy atom. The van der Waals surface area contributed by atoms with Crippen molar-refractivity contribution in [3.8, 4) is 0 Å². The number of amides is 1. The molecule has 2 aliphatic rings. The Balaban J connectivity index is 1.79. The van der Waals surface area contributed by atoms with Crippen LogP contribution in [0, 0.1) is 5.92 Å². The first kappa shape index (κ1) is 12.9. The van der Waals surface area contributed by atoms with Gasteiger partial charge in [-0.05, 0) is 32.7 Å². The van der Waals surface area contributed by atoms with Gasteiger partial charge >= 0.3 is 0 Å². The zero-order chi connectivity index (χ0) is 12.1. The van der Waals surface area contributed by atoms with Gasteiger partial charge in [-0.25, -0.2) is 0 Å². The summed E-state index contributed by atoms with van der Waals surface area (Å²) in [4.78, 5) is 12.2. The van der Waals surface area contributed by atoms with Crippen LogP contribution in [0.3, 0.4) is 0 Å². The van der Waals surface area contributed by atoms with Gasteiger partial charge in [-0.2, -0.15) is 0 Å². The van der Waals surface area contributed by atoms with Gasteiger partial charge in [-0.3, -0.25) is 4.79 Å². The molecule has 1 saturated carbocycles. The lowest BCUT2D eigenvalue weighted by molar-refractivity contribution is -0.126. The average molecular weight is 238 g/mol. The first-order valence-electron chi connectivity index (χ1n) is 7.31. The largest absolute Gasteiger partial charge is 0.353 e. The predicted molar refractivity (Wildman–Crippen MR) is 69.8 cm³/mol. The number of carbonyl (C=O) groups is 1. The molecule has 3 nitrogen and oxygen atoms in total. The monoisotopic (exact) mass is 238 g/mol. The van der Waals surface area contributed by atoms with Crippen LogP contribution in [0.2, 0.25) is 0 Å². The molecule has 17 heavy (non-hydrogen) atoms. The lowest BCUT2D eigenvalue weighted by atomic mass is 9.95. The molecule has 0 radical (unpaired) electrons. The van der Waals surface area contributed by atoms with Gasteiger partial charge in [0, 0.05) is 12.1 Å². The van der Waals surface area contributed by atoms with Crippen LogP contribution < -0.4 is 10.6 Å². The lowest BCUT2D eigenvalue weighted by Gasteiger charge is -2.24. The molecular weight excluding hydrogens is 212 g/mol. The Morgan fingerprint density at radius 1 is 1.06 bits per heavy atom. The topological polar surface area (TPSA) is 41.1 Å². The van der Waals surface area contributed by atoms with Crippen molar-refractivity contribution in [3.63, 3.8) is 0 Å². The summed E-state index contributed by atoms with van der Waals surface area (Å²) >= 11 is 0. The molecule has 0 aromatic carbocycles. The van der Waals surface area contributed by atoms with Gasteiger partial charge in [0.2, 0.25) is 5.91 Å². The third-order valence-electron chi connectivity index (χ3n) is 4.31. The van der Waals surface area contributed by atoms with Gasteiger partial charge in [0.05, 0.1) is 5.92 Å². The zero-order valence-electron chi connectivity index (χ0n) is 11.0. The summed E-state index contributed by atoms with van der Waals surface area (Å²) in [5.74, 6) is 0.480. The molecule has 1 aliphatic carbocycles. The molecule has 1 saturated heterocycles. The van der Waals surface area contributed by atoms with Gasteiger partial charge in [0.1, 0.15) is 0 Å². The van der Waals surface area contributed by atoms with Crippen molar-refractivity contribution in [2.45, 2.75) is 70.4 Å². The normalized spacial score (nSPS) is 31.8. The number of nitrogens with one attached hydrogen (secondary N) is 2. The molecule has 2 rings (SSSR count). The maximum atomic E-state index is 12.2. The van der Waals surface area contributed by atoms with E-state index in [1.165, 1.54) is 44.9 Å². The highest BCUT2D eigenvalue weighted by atomic mass is 16.2. The van der Waals surface area contributed by atoms with Crippen LogP contribution in [0.5, 0.6) is 0 Å². The zero-order valence-corrected chi connectivity index (χ0v) is 11.0. The Morgan fingerprint density at radius 3 is 2.29 bits per heavy atom. The van der Waals surface area contributed by atoms with Crippen molar-refractivity contribution in [1.29, 1.82) is 0 Å². The van der Waals surface area contributed by atoms with E-state index in [2.05, 4.69) is 17.6 Å². The van der Waals surface area contributed by atoms with Crippen molar-refractivity contribution in [2.75, 3.05) is 6.54 Å². The Hall–Kier alpha value is -0.570. The van der Waals surface area contributed by atoms with Crippen LogP contribution in [-0.2, 0) is 4.79 Å². The third-order valence-corrected chi connectivity index (χ3v) is 4.31. The minimum atomic E-state index is 0.195. The van der Waals surface area contributed by atoms with Crippen molar-refractivity contribution < 1.29 is 4.79 Å². The number of hydrogen-bond acceptors (Lipinski definition) is 2. The van der Waals surface area contributed by atoms with Gasteiger partial charge in [-0.15, -0.1) is 0 Å². The van der Waals surface area contributed by atoms with Gasteiger partial charge in [-0.1, -0.05) is 32.1 Å². The summed E-state index contributed by atoms with van der Waals surface area (Å²) < 4.78 is 0. The Bertz CT molecular complexity index is 247. The SMILES string of the molecule is CC1NCCC1C(=O)NC1CCCCCCC1. The Labute approximate surface area is 105 Å². The highest BCUT2D eigenvalue weighted by Gasteiger charge is 2.30. The molecule has 2 N–H and O–H groups in total. The van der Waals surface area contributed by atoms with Crippen LogP contribution in [0.4, 0.5) is 0 Å². The van der Waals surface area contributed by atoms with Crippen LogP contribution in [0.1, 0.15) is 58.3 Å². The number of carbonyl (C=O) groups excluding carboxylic acids is 1. The maximum absolute atomic E-state index is 12.2. The second-order valence-electron chi connectivity index (χ2n) is 5.69. The van der Waals surface area contributed by atoms with E-state index >= 15 is 0 Å². The molecule has 1 amide bonds. The number of rotatable bonds is 2. The second kappa shape index (κ2) is 6.39. The van der Waals surface area contributed by atoms with E-state index < -0.39 is 0 Å². The first-order valence-corrected chi connectivity index (χ1v) is 7.31. The summed E-state index contributed by atoms with van der Waals surface area (Å²) in [5.41, 5.74) is 0. The molecule has 2 atom stereocenters. The summed E-state index contributed by atoms with van der Waals surface area (Å²) in [6.07, 6.45) is 9.98. The fourth-order valence-electron chi connectivity index (χ4n) is 3.13. The molecule has 3 heteroatoms. The van der Waals surface area contributed by atoms with E-state index in [4.69, 9.17) is 0 Å². The van der Waals surface area contributed by atoms with Crippen LogP contribution in [0.15, 0.2) is 0 Å². The molecule has 0 aromatic heterocycles. The quantitative estimate of drug-likeness (QED) is 0.774. The Kier molecular flexibility index (Phi) is 4.84. The summed E-state index contributed by atoms with van der Waals surface area (Å²) in [6.45, 7) is 3.11. The standard InChI is InChI=1S/C14H26N2O/c1-11-13(9-10-15-11)14(17)16-12-7-5-3-2-4-6-8-12/h11-13,15H,2-10H2,1H3,(H,16,17). The molecule has 1 heterocycles. The van der Waals surface area contributed by atoms with Crippen molar-refractivity contribution in [2.24, 2.45) is 5.92 Å². The summed E-state index contributed by atoms with van der Waals surface area (Å²) in [5, 5.41) is 6.63. The number of hydrogen-bond donors (Lipinski definition) is 2. The fourth-order valence-corrected chi connectivity index (χ4v) is 3.13. The van der Waals surface area contributed by atoms with Crippen molar-refractivity contribution >= 4 is 5.91 Å². The minimum absolute atomic E-state index is 0.195. The van der Waals surface area contributed by atoms with E-state index in [1.807, 2.05) is 0 Å². The molecule has 2 unspecified atom stereocenters. The van der Waals surface area contributed by atoms with Crippen LogP contribution in [-0.4, -0.2) is 24.5 Å². The van der Waals surface area contributed by atoms with E-state index in [0.29, 0.717) is 12.1 Å². The van der Waals surface area contributed by atoms with Crippen molar-refractivity contribution in [1.82, 2.24) is 10.6 Å². The molecule has 2 fully saturated rings. The fraction of sp³-hybridized carbons (Fsp3) is 0.929. The van der Waals surface area contributed by atoms with Gasteiger partial charge < -0.3 is 10.6 Å². The minimum Gasteiger partial charge on any atom is -0.353 e. The molecule has 0 bridgehead atoms. The van der Waals surface area contributed by atoms with E-state index in [-0.39, 0.29) is 11.8 Å². The molecule has 1 aliphatic heterocycles. The smallest absolute Gasteiger partial charge is 0.224 e. The predicted octanol–water partition coefficient (Wildman–Crippen LogP) is 2.21. The molecular formula is C14H26N2O. The third kappa shape index (κ3) is 3.70. The first-order chi connectivity index (χ1) is 8.27. The van der Waals surface area contributed by atoms with Crippen LogP contribution in [0.25, 0.3) is 0 Å². The summed E-state index contributed by atoms with van der Waals surface area (Å²) in [6, 6.07) is 0.791. The lowest BCUT2D eigenvalue weighted by Crippen LogP contribution is -2.42. The average Bonchev–Trinajstić information content (AvgIpc) is 2.68. The highest BCUT2D eigenvalue weighted by Crippen LogP contribution is 2.19. The second-order valence-corrected chi connectivity index (χ2v) is 5.69. The summed E-state index contributed by atoms with van der Waals surface area (Å²) in [7, 11) is 0. The van der Waals surface area contributed by atoms with E-state index in [1.54, 1.807) is 0 Å². The maximum Gasteiger partial charge on any atom is 0.224 e. The van der Waals surface area contributed by atoms with Crippen LogP contribution >= 0.6 is 0 Å². The molecule has 0 spiro atoms. The highest BCUT2D eigenvalue weighted by molar-refractivity contribution is 5.80. The van der Waals surface area contributed by atoms with Crippen molar-refractivity contribution in [3.05, 3.63) is 0 Å². The van der Waals surface area contributed by atoms with Gasteiger partial charge in [0.15, 0.2) is 0 Å².